The highest BCUT2D eigenvalue weighted by atomic mass is 16.5. The predicted octanol–water partition coefficient (Wildman–Crippen LogP) is 0.466. The van der Waals surface area contributed by atoms with Crippen LogP contribution in [0.1, 0.15) is 11.3 Å². The number of carbonyl (C=O) groups is 1. The summed E-state index contributed by atoms with van der Waals surface area (Å²) in [6, 6.07) is 3.66. The molecule has 1 aromatic heterocycles. The van der Waals surface area contributed by atoms with E-state index >= 15 is 0 Å². The van der Waals surface area contributed by atoms with E-state index in [1.165, 1.54) is 7.11 Å². The van der Waals surface area contributed by atoms with Crippen molar-refractivity contribution in [1.29, 1.82) is 0 Å². The Labute approximate surface area is 82.5 Å². The van der Waals surface area contributed by atoms with Crippen molar-refractivity contribution in [2.75, 3.05) is 7.11 Å². The number of pyridine rings is 1. The summed E-state index contributed by atoms with van der Waals surface area (Å²) >= 11 is 0. The number of carbonyl (C=O) groups excluding carboxylic acids is 1. The van der Waals surface area contributed by atoms with Gasteiger partial charge in [0, 0.05) is 18.3 Å². The molecule has 14 heavy (non-hydrogen) atoms. The Morgan fingerprint density at radius 1 is 1.64 bits per heavy atom. The number of rotatable bonds is 3. The number of aliphatic hydroxyl groups excluding tert-OH is 1. The predicted molar refractivity (Wildman–Crippen MR) is 50.7 cm³/mol. The van der Waals surface area contributed by atoms with Gasteiger partial charge < -0.3 is 9.84 Å². The first-order valence-electron chi connectivity index (χ1n) is 4.31. The number of aryl methyl sites for hydroxylation is 1. The maximum absolute atomic E-state index is 10.9. The molecule has 0 aliphatic carbocycles. The van der Waals surface area contributed by atoms with Gasteiger partial charge in [0.1, 0.15) is 0 Å². The average Bonchev–Trinajstić information content (AvgIpc) is 2.20. The number of hydrogen-bond donors (Lipinski definition) is 1. The minimum absolute atomic E-state index is 0.236. The molecule has 4 nitrogen and oxygen atoms in total. The van der Waals surface area contributed by atoms with Crippen LogP contribution in [0.15, 0.2) is 18.3 Å². The summed E-state index contributed by atoms with van der Waals surface area (Å²) < 4.78 is 4.40. The molecular formula is C10H13NO3. The number of aromatic nitrogens is 1. The SMILES string of the molecule is COC(=O)C(O)Cc1ccc(C)nc1. The van der Waals surface area contributed by atoms with E-state index in [2.05, 4.69) is 9.72 Å². The minimum Gasteiger partial charge on any atom is -0.467 e. The van der Waals surface area contributed by atoms with Gasteiger partial charge in [-0.15, -0.1) is 0 Å². The third-order valence-electron chi connectivity index (χ3n) is 1.87. The van der Waals surface area contributed by atoms with Crippen LogP contribution in [0.2, 0.25) is 0 Å². The Balaban J connectivity index is 2.60. The number of ether oxygens (including phenoxy) is 1. The van der Waals surface area contributed by atoms with E-state index in [0.717, 1.165) is 11.3 Å². The Bertz CT molecular complexity index is 308. The Morgan fingerprint density at radius 2 is 2.36 bits per heavy atom. The summed E-state index contributed by atoms with van der Waals surface area (Å²) in [7, 11) is 1.25. The third-order valence-corrected chi connectivity index (χ3v) is 1.87. The van der Waals surface area contributed by atoms with Crippen LogP contribution >= 0.6 is 0 Å². The lowest BCUT2D eigenvalue weighted by Crippen LogP contribution is -2.24. The van der Waals surface area contributed by atoms with Gasteiger partial charge in [-0.05, 0) is 18.6 Å². The summed E-state index contributed by atoms with van der Waals surface area (Å²) in [5.74, 6) is -0.620. The quantitative estimate of drug-likeness (QED) is 0.712. The standard InChI is InChI=1S/C10H13NO3/c1-7-3-4-8(6-11-7)5-9(12)10(13)14-2/h3-4,6,9,12H,5H2,1-2H3. The van der Waals surface area contributed by atoms with Crippen LogP contribution < -0.4 is 0 Å². The van der Waals surface area contributed by atoms with Gasteiger partial charge in [-0.25, -0.2) is 4.79 Å². The maximum atomic E-state index is 10.9. The molecule has 0 aliphatic rings. The zero-order valence-corrected chi connectivity index (χ0v) is 8.23. The van der Waals surface area contributed by atoms with Crippen LogP contribution in [0, 0.1) is 6.92 Å². The molecule has 1 heterocycles. The molecule has 0 aliphatic heterocycles. The van der Waals surface area contributed by atoms with E-state index in [9.17, 15) is 9.90 Å². The highest BCUT2D eigenvalue weighted by Gasteiger charge is 2.15. The number of hydrogen-bond acceptors (Lipinski definition) is 4. The molecule has 0 saturated heterocycles. The molecule has 0 fully saturated rings. The first-order valence-corrected chi connectivity index (χ1v) is 4.31. The van der Waals surface area contributed by atoms with E-state index < -0.39 is 12.1 Å². The van der Waals surface area contributed by atoms with Crippen molar-refractivity contribution in [2.24, 2.45) is 0 Å². The number of nitrogens with zero attached hydrogens (tertiary/aromatic N) is 1. The normalized spacial score (nSPS) is 12.2. The molecule has 1 unspecified atom stereocenters. The van der Waals surface area contributed by atoms with Gasteiger partial charge >= 0.3 is 5.97 Å². The van der Waals surface area contributed by atoms with E-state index in [4.69, 9.17) is 0 Å². The zero-order chi connectivity index (χ0) is 10.6. The fraction of sp³-hybridized carbons (Fsp3) is 0.400. The maximum Gasteiger partial charge on any atom is 0.335 e. The average molecular weight is 195 g/mol. The topological polar surface area (TPSA) is 59.4 Å². The molecule has 4 heteroatoms. The number of methoxy groups -OCH3 is 1. The Morgan fingerprint density at radius 3 is 2.86 bits per heavy atom. The number of esters is 1. The molecule has 0 radical (unpaired) electrons. The molecule has 1 rings (SSSR count). The highest BCUT2D eigenvalue weighted by Crippen LogP contribution is 2.04. The lowest BCUT2D eigenvalue weighted by Gasteiger charge is -2.07. The van der Waals surface area contributed by atoms with Gasteiger partial charge in [-0.1, -0.05) is 6.07 Å². The molecule has 1 atom stereocenters. The van der Waals surface area contributed by atoms with Crippen LogP contribution in [-0.4, -0.2) is 29.3 Å². The third kappa shape index (κ3) is 2.81. The fourth-order valence-electron chi connectivity index (χ4n) is 1.06. The van der Waals surface area contributed by atoms with Gasteiger partial charge in [-0.3, -0.25) is 4.98 Å². The molecule has 0 aromatic carbocycles. The Hall–Kier alpha value is -1.42. The molecule has 0 bridgehead atoms. The monoisotopic (exact) mass is 195 g/mol. The van der Waals surface area contributed by atoms with Crippen LogP contribution in [0.3, 0.4) is 0 Å². The molecule has 1 N–H and O–H groups in total. The van der Waals surface area contributed by atoms with Gasteiger partial charge in [0.15, 0.2) is 6.10 Å². The molecule has 0 amide bonds. The van der Waals surface area contributed by atoms with Gasteiger partial charge in [-0.2, -0.15) is 0 Å². The van der Waals surface area contributed by atoms with E-state index in [-0.39, 0.29) is 6.42 Å². The number of aliphatic hydroxyl groups is 1. The molecular weight excluding hydrogens is 182 g/mol. The lowest BCUT2D eigenvalue weighted by molar-refractivity contribution is -0.150. The second-order valence-electron chi connectivity index (χ2n) is 3.05. The molecule has 1 aromatic rings. The van der Waals surface area contributed by atoms with Gasteiger partial charge in [0.2, 0.25) is 0 Å². The Kier molecular flexibility index (Phi) is 3.59. The van der Waals surface area contributed by atoms with Gasteiger partial charge in [0.25, 0.3) is 0 Å². The molecule has 76 valence electrons. The first-order chi connectivity index (χ1) is 6.63. The van der Waals surface area contributed by atoms with Crippen molar-refractivity contribution in [3.63, 3.8) is 0 Å². The zero-order valence-electron chi connectivity index (χ0n) is 8.23. The van der Waals surface area contributed by atoms with Gasteiger partial charge in [0.05, 0.1) is 7.11 Å². The largest absolute Gasteiger partial charge is 0.467 e. The van der Waals surface area contributed by atoms with Crippen molar-refractivity contribution in [3.8, 4) is 0 Å². The smallest absolute Gasteiger partial charge is 0.335 e. The summed E-state index contributed by atoms with van der Waals surface area (Å²) in [5.41, 5.74) is 1.72. The summed E-state index contributed by atoms with van der Waals surface area (Å²) in [6.07, 6.45) is 0.769. The van der Waals surface area contributed by atoms with Crippen molar-refractivity contribution >= 4 is 5.97 Å². The fourth-order valence-corrected chi connectivity index (χ4v) is 1.06. The van der Waals surface area contributed by atoms with Crippen LogP contribution in [0.4, 0.5) is 0 Å². The second-order valence-corrected chi connectivity index (χ2v) is 3.05. The van der Waals surface area contributed by atoms with Crippen molar-refractivity contribution in [1.82, 2.24) is 4.98 Å². The second kappa shape index (κ2) is 4.72. The van der Waals surface area contributed by atoms with E-state index in [1.54, 1.807) is 6.20 Å². The van der Waals surface area contributed by atoms with Crippen molar-refractivity contribution in [2.45, 2.75) is 19.4 Å². The van der Waals surface area contributed by atoms with Crippen LogP contribution in [0.5, 0.6) is 0 Å². The molecule has 0 saturated carbocycles. The summed E-state index contributed by atoms with van der Waals surface area (Å²) in [5, 5.41) is 9.34. The summed E-state index contributed by atoms with van der Waals surface area (Å²) in [6.45, 7) is 1.88. The van der Waals surface area contributed by atoms with Crippen LogP contribution in [-0.2, 0) is 16.0 Å². The highest BCUT2D eigenvalue weighted by molar-refractivity contribution is 5.74. The first kappa shape index (κ1) is 10.7. The molecule has 0 spiro atoms. The van der Waals surface area contributed by atoms with Crippen molar-refractivity contribution < 1.29 is 14.6 Å². The van der Waals surface area contributed by atoms with E-state index in [1.807, 2.05) is 19.1 Å². The minimum atomic E-state index is -1.11. The lowest BCUT2D eigenvalue weighted by atomic mass is 10.1. The van der Waals surface area contributed by atoms with E-state index in [0.29, 0.717) is 0 Å². The van der Waals surface area contributed by atoms with Crippen molar-refractivity contribution in [3.05, 3.63) is 29.6 Å². The summed E-state index contributed by atoms with van der Waals surface area (Å²) in [4.78, 5) is 14.9. The van der Waals surface area contributed by atoms with Crippen LogP contribution in [0.25, 0.3) is 0 Å².